The van der Waals surface area contributed by atoms with Gasteiger partial charge in [-0.1, -0.05) is 0 Å². The molecule has 0 saturated heterocycles. The average Bonchev–Trinajstić information content (AvgIpc) is 2.15. The number of halogens is 2. The second-order valence-electron chi connectivity index (χ2n) is 3.37. The molecule has 1 unspecified atom stereocenters. The monoisotopic (exact) mass is 264 g/mol. The van der Waals surface area contributed by atoms with E-state index in [4.69, 9.17) is 11.5 Å². The van der Waals surface area contributed by atoms with E-state index in [1.165, 1.54) is 0 Å². The Morgan fingerprint density at radius 2 is 1.94 bits per heavy atom. The zero-order valence-electron chi connectivity index (χ0n) is 8.56. The van der Waals surface area contributed by atoms with Crippen molar-refractivity contribution < 1.29 is 22.0 Å². The molecule has 4 N–H and O–H groups in total. The van der Waals surface area contributed by atoms with Crippen LogP contribution in [0.1, 0.15) is 0 Å². The Labute approximate surface area is 96.3 Å². The standard InChI is InChI=1S/C9H10F2N2O3S/c10-5-1-2-8(6(11)3-5)17(15,16)4-7(12)9(13)14/h1-3,7H,4,12H2,(H2,13,14). The fraction of sp³-hybridized carbons (Fsp3) is 0.222. The van der Waals surface area contributed by atoms with Crippen LogP contribution < -0.4 is 11.5 Å². The van der Waals surface area contributed by atoms with E-state index < -0.39 is 44.1 Å². The van der Waals surface area contributed by atoms with Crippen molar-refractivity contribution >= 4 is 15.7 Å². The van der Waals surface area contributed by atoms with Crippen LogP contribution in [0.5, 0.6) is 0 Å². The smallest absolute Gasteiger partial charge is 0.235 e. The first-order valence-electron chi connectivity index (χ1n) is 4.47. The lowest BCUT2D eigenvalue weighted by Gasteiger charge is -2.09. The lowest BCUT2D eigenvalue weighted by Crippen LogP contribution is -2.42. The van der Waals surface area contributed by atoms with Gasteiger partial charge in [-0.15, -0.1) is 0 Å². The van der Waals surface area contributed by atoms with Crippen LogP contribution in [0, 0.1) is 11.6 Å². The molecule has 17 heavy (non-hydrogen) atoms. The quantitative estimate of drug-likeness (QED) is 0.719. The van der Waals surface area contributed by atoms with Gasteiger partial charge in [-0.2, -0.15) is 0 Å². The van der Waals surface area contributed by atoms with Crippen molar-refractivity contribution in [1.82, 2.24) is 0 Å². The summed E-state index contributed by atoms with van der Waals surface area (Å²) in [5.41, 5.74) is 9.97. The van der Waals surface area contributed by atoms with Crippen LogP contribution >= 0.6 is 0 Å². The molecule has 0 bridgehead atoms. The van der Waals surface area contributed by atoms with Crippen LogP contribution in [0.4, 0.5) is 8.78 Å². The zero-order chi connectivity index (χ0) is 13.2. The minimum Gasteiger partial charge on any atom is -0.368 e. The predicted octanol–water partition coefficient (Wildman–Crippen LogP) is -0.449. The number of primary amides is 1. The Morgan fingerprint density at radius 3 is 2.41 bits per heavy atom. The highest BCUT2D eigenvalue weighted by Gasteiger charge is 2.25. The normalized spacial score (nSPS) is 13.4. The van der Waals surface area contributed by atoms with Gasteiger partial charge in [0.25, 0.3) is 0 Å². The van der Waals surface area contributed by atoms with Crippen LogP contribution in [0.15, 0.2) is 23.1 Å². The fourth-order valence-electron chi connectivity index (χ4n) is 1.14. The molecule has 94 valence electrons. The third-order valence-corrected chi connectivity index (χ3v) is 3.79. The number of hydrogen-bond donors (Lipinski definition) is 2. The summed E-state index contributed by atoms with van der Waals surface area (Å²) >= 11 is 0. The summed E-state index contributed by atoms with van der Waals surface area (Å²) in [6.45, 7) is 0. The summed E-state index contributed by atoms with van der Waals surface area (Å²) in [6, 6.07) is 0.562. The van der Waals surface area contributed by atoms with Crippen LogP contribution in [0.2, 0.25) is 0 Å². The molecule has 1 aromatic rings. The van der Waals surface area contributed by atoms with Gasteiger partial charge in [0.15, 0.2) is 9.84 Å². The maximum absolute atomic E-state index is 13.2. The van der Waals surface area contributed by atoms with E-state index in [0.717, 1.165) is 12.1 Å². The topological polar surface area (TPSA) is 103 Å². The molecule has 0 heterocycles. The molecule has 0 fully saturated rings. The van der Waals surface area contributed by atoms with Crippen molar-refractivity contribution in [2.75, 3.05) is 5.75 Å². The summed E-state index contributed by atoms with van der Waals surface area (Å²) in [5, 5.41) is 0. The number of carbonyl (C=O) groups is 1. The largest absolute Gasteiger partial charge is 0.368 e. The highest BCUT2D eigenvalue weighted by atomic mass is 32.2. The van der Waals surface area contributed by atoms with Gasteiger partial charge in [0.05, 0.1) is 11.8 Å². The Balaban J connectivity index is 3.10. The SMILES string of the molecule is NC(=O)C(N)CS(=O)(=O)c1ccc(F)cc1F. The number of nitrogens with two attached hydrogens (primary N) is 2. The van der Waals surface area contributed by atoms with Gasteiger partial charge in [0, 0.05) is 6.07 Å². The third kappa shape index (κ3) is 3.21. The van der Waals surface area contributed by atoms with E-state index in [9.17, 15) is 22.0 Å². The summed E-state index contributed by atoms with van der Waals surface area (Å²) in [7, 11) is -4.12. The van der Waals surface area contributed by atoms with E-state index >= 15 is 0 Å². The fourth-order valence-corrected chi connectivity index (χ4v) is 2.58. The molecule has 1 atom stereocenters. The van der Waals surface area contributed by atoms with E-state index in [1.807, 2.05) is 0 Å². The van der Waals surface area contributed by atoms with E-state index in [2.05, 4.69) is 0 Å². The maximum Gasteiger partial charge on any atom is 0.235 e. The third-order valence-electron chi connectivity index (χ3n) is 1.99. The molecule has 0 aliphatic carbocycles. The van der Waals surface area contributed by atoms with Crippen molar-refractivity contribution in [2.45, 2.75) is 10.9 Å². The van der Waals surface area contributed by atoms with Gasteiger partial charge in [-0.05, 0) is 12.1 Å². The maximum atomic E-state index is 13.2. The molecule has 1 aromatic carbocycles. The molecule has 1 amide bonds. The second kappa shape index (κ2) is 4.76. The van der Waals surface area contributed by atoms with Crippen LogP contribution in [0.3, 0.4) is 0 Å². The van der Waals surface area contributed by atoms with E-state index in [-0.39, 0.29) is 0 Å². The predicted molar refractivity (Wildman–Crippen MR) is 55.6 cm³/mol. The first-order chi connectivity index (χ1) is 7.74. The molecule has 5 nitrogen and oxygen atoms in total. The number of amides is 1. The summed E-state index contributed by atoms with van der Waals surface area (Å²) < 4.78 is 49.1. The minimum absolute atomic E-state index is 0.433. The van der Waals surface area contributed by atoms with E-state index in [1.54, 1.807) is 0 Å². The zero-order valence-corrected chi connectivity index (χ0v) is 9.38. The highest BCUT2D eigenvalue weighted by Crippen LogP contribution is 2.17. The van der Waals surface area contributed by atoms with Gasteiger partial charge in [-0.3, -0.25) is 4.79 Å². The van der Waals surface area contributed by atoms with Gasteiger partial charge in [-0.25, -0.2) is 17.2 Å². The van der Waals surface area contributed by atoms with E-state index in [0.29, 0.717) is 6.07 Å². The molecule has 0 aliphatic heterocycles. The molecular weight excluding hydrogens is 254 g/mol. The molecule has 1 rings (SSSR count). The average molecular weight is 264 g/mol. The molecular formula is C9H10F2N2O3S. The number of carbonyl (C=O) groups excluding carboxylic acids is 1. The first kappa shape index (κ1) is 13.5. The van der Waals surface area contributed by atoms with Gasteiger partial charge in [0.1, 0.15) is 16.5 Å². The Hall–Kier alpha value is -1.54. The summed E-state index contributed by atoms with van der Waals surface area (Å²) in [5.74, 6) is -3.98. The Bertz CT molecular complexity index is 545. The summed E-state index contributed by atoms with van der Waals surface area (Å²) in [6.07, 6.45) is 0. The molecule has 0 spiro atoms. The minimum atomic E-state index is -4.12. The number of sulfone groups is 1. The van der Waals surface area contributed by atoms with Crippen molar-refractivity contribution in [2.24, 2.45) is 11.5 Å². The Kier molecular flexibility index (Phi) is 3.79. The van der Waals surface area contributed by atoms with Crippen molar-refractivity contribution in [1.29, 1.82) is 0 Å². The number of rotatable bonds is 4. The second-order valence-corrected chi connectivity index (χ2v) is 5.37. The first-order valence-corrected chi connectivity index (χ1v) is 6.12. The molecule has 8 heteroatoms. The molecule has 0 aliphatic rings. The Morgan fingerprint density at radius 1 is 1.35 bits per heavy atom. The van der Waals surface area contributed by atoms with Gasteiger partial charge >= 0.3 is 0 Å². The number of hydrogen-bond acceptors (Lipinski definition) is 4. The van der Waals surface area contributed by atoms with Gasteiger partial charge < -0.3 is 11.5 Å². The lowest BCUT2D eigenvalue weighted by molar-refractivity contribution is -0.118. The van der Waals surface area contributed by atoms with Crippen LogP contribution in [-0.2, 0) is 14.6 Å². The number of benzene rings is 1. The molecule has 0 saturated carbocycles. The van der Waals surface area contributed by atoms with Gasteiger partial charge in [0.2, 0.25) is 5.91 Å². The highest BCUT2D eigenvalue weighted by molar-refractivity contribution is 7.91. The lowest BCUT2D eigenvalue weighted by atomic mass is 10.3. The van der Waals surface area contributed by atoms with Crippen LogP contribution in [0.25, 0.3) is 0 Å². The van der Waals surface area contributed by atoms with Crippen molar-refractivity contribution in [3.05, 3.63) is 29.8 Å². The van der Waals surface area contributed by atoms with Crippen molar-refractivity contribution in [3.63, 3.8) is 0 Å². The van der Waals surface area contributed by atoms with Crippen molar-refractivity contribution in [3.8, 4) is 0 Å². The van der Waals surface area contributed by atoms with Crippen LogP contribution in [-0.4, -0.2) is 26.1 Å². The molecule has 0 aromatic heterocycles. The molecule has 0 radical (unpaired) electrons. The summed E-state index contributed by atoms with van der Waals surface area (Å²) in [4.78, 5) is 9.91.